The van der Waals surface area contributed by atoms with Gasteiger partial charge < -0.3 is 10.4 Å². The minimum atomic E-state index is -4.48. The second-order valence-electron chi connectivity index (χ2n) is 4.35. The molecule has 0 radical (unpaired) electrons. The van der Waals surface area contributed by atoms with E-state index in [4.69, 9.17) is 5.26 Å². The first-order valence-corrected chi connectivity index (χ1v) is 6.04. The smallest absolute Gasteiger partial charge is 0.416 e. The Balaban J connectivity index is 2.22. The number of para-hydroxylation sites is 1. The molecule has 0 spiro atoms. The van der Waals surface area contributed by atoms with Crippen LogP contribution in [0.15, 0.2) is 42.5 Å². The van der Waals surface area contributed by atoms with E-state index in [1.807, 2.05) is 0 Å². The van der Waals surface area contributed by atoms with Crippen LogP contribution in [0.1, 0.15) is 16.7 Å². The molecule has 0 amide bonds. The van der Waals surface area contributed by atoms with Gasteiger partial charge in [0.15, 0.2) is 0 Å². The Labute approximate surface area is 119 Å². The number of hydrogen-bond acceptors (Lipinski definition) is 3. The van der Waals surface area contributed by atoms with Gasteiger partial charge in [-0.25, -0.2) is 0 Å². The summed E-state index contributed by atoms with van der Waals surface area (Å²) in [4.78, 5) is 0. The van der Waals surface area contributed by atoms with Crippen LogP contribution < -0.4 is 5.32 Å². The second-order valence-corrected chi connectivity index (χ2v) is 4.35. The molecule has 6 heteroatoms. The summed E-state index contributed by atoms with van der Waals surface area (Å²) in [5.74, 6) is 0.0791. The number of aromatic hydroxyl groups is 1. The number of nitrogens with one attached hydrogen (secondary N) is 1. The summed E-state index contributed by atoms with van der Waals surface area (Å²) in [5.41, 5.74) is -0.0950. The topological polar surface area (TPSA) is 56.0 Å². The summed E-state index contributed by atoms with van der Waals surface area (Å²) in [7, 11) is 0. The van der Waals surface area contributed by atoms with Crippen molar-refractivity contribution in [1.29, 1.82) is 5.26 Å². The highest BCUT2D eigenvalue weighted by Crippen LogP contribution is 2.31. The van der Waals surface area contributed by atoms with Crippen molar-refractivity contribution >= 4 is 5.69 Å². The Bertz CT molecular complexity index is 690. The molecule has 2 N–H and O–H groups in total. The minimum Gasteiger partial charge on any atom is -0.508 e. The quantitative estimate of drug-likeness (QED) is 0.902. The lowest BCUT2D eigenvalue weighted by Gasteiger charge is -2.12. The van der Waals surface area contributed by atoms with E-state index in [2.05, 4.69) is 5.32 Å². The van der Waals surface area contributed by atoms with Crippen molar-refractivity contribution in [3.8, 4) is 11.8 Å². The van der Waals surface area contributed by atoms with Gasteiger partial charge in [-0.05, 0) is 24.3 Å². The Morgan fingerprint density at radius 1 is 1.14 bits per heavy atom. The van der Waals surface area contributed by atoms with Crippen molar-refractivity contribution in [2.24, 2.45) is 0 Å². The van der Waals surface area contributed by atoms with Crippen LogP contribution in [0.3, 0.4) is 0 Å². The van der Waals surface area contributed by atoms with Crippen LogP contribution in [0.5, 0.6) is 5.75 Å². The SMILES string of the molecule is N#Cc1cc(C(F)(F)F)ccc1NCc1ccccc1O. The summed E-state index contributed by atoms with van der Waals surface area (Å²) in [5, 5.41) is 21.4. The fraction of sp³-hybridized carbons (Fsp3) is 0.133. The molecule has 0 heterocycles. The van der Waals surface area contributed by atoms with E-state index in [0.717, 1.165) is 12.1 Å². The number of phenolic OH excluding ortho intramolecular Hbond substituents is 1. The van der Waals surface area contributed by atoms with Crippen molar-refractivity contribution in [2.45, 2.75) is 12.7 Å². The van der Waals surface area contributed by atoms with E-state index in [9.17, 15) is 18.3 Å². The summed E-state index contributed by atoms with van der Waals surface area (Å²) < 4.78 is 37.7. The molecule has 108 valence electrons. The molecule has 0 aromatic heterocycles. The van der Waals surface area contributed by atoms with E-state index in [1.54, 1.807) is 24.3 Å². The van der Waals surface area contributed by atoms with Crippen LogP contribution in [0.25, 0.3) is 0 Å². The maximum atomic E-state index is 12.6. The Hall–Kier alpha value is -2.68. The van der Waals surface area contributed by atoms with Crippen molar-refractivity contribution in [2.75, 3.05) is 5.32 Å². The average molecular weight is 292 g/mol. The normalized spacial score (nSPS) is 11.0. The van der Waals surface area contributed by atoms with Gasteiger partial charge in [0, 0.05) is 12.1 Å². The van der Waals surface area contributed by atoms with E-state index in [1.165, 1.54) is 12.1 Å². The van der Waals surface area contributed by atoms with E-state index >= 15 is 0 Å². The van der Waals surface area contributed by atoms with Gasteiger partial charge >= 0.3 is 6.18 Å². The van der Waals surface area contributed by atoms with Crippen molar-refractivity contribution in [3.05, 3.63) is 59.2 Å². The Morgan fingerprint density at radius 3 is 2.48 bits per heavy atom. The fourth-order valence-corrected chi connectivity index (χ4v) is 1.82. The van der Waals surface area contributed by atoms with Crippen LogP contribution in [-0.2, 0) is 12.7 Å². The van der Waals surface area contributed by atoms with Gasteiger partial charge in [-0.15, -0.1) is 0 Å². The molecule has 0 saturated carbocycles. The number of phenols is 1. The fourth-order valence-electron chi connectivity index (χ4n) is 1.82. The molecular weight excluding hydrogens is 281 g/mol. The number of alkyl halides is 3. The zero-order chi connectivity index (χ0) is 15.5. The van der Waals surface area contributed by atoms with Gasteiger partial charge in [-0.2, -0.15) is 18.4 Å². The number of rotatable bonds is 3. The summed E-state index contributed by atoms with van der Waals surface area (Å²) in [6, 6.07) is 11.2. The molecule has 0 unspecified atom stereocenters. The van der Waals surface area contributed by atoms with E-state index in [-0.39, 0.29) is 23.5 Å². The maximum absolute atomic E-state index is 12.6. The van der Waals surface area contributed by atoms with Crippen molar-refractivity contribution in [1.82, 2.24) is 0 Å². The third kappa shape index (κ3) is 3.45. The predicted octanol–water partition coefficient (Wildman–Crippen LogP) is 3.89. The summed E-state index contributed by atoms with van der Waals surface area (Å²) in [6.07, 6.45) is -4.48. The van der Waals surface area contributed by atoms with E-state index in [0.29, 0.717) is 5.56 Å². The summed E-state index contributed by atoms with van der Waals surface area (Å²) >= 11 is 0. The third-order valence-electron chi connectivity index (χ3n) is 2.93. The molecule has 2 rings (SSSR count). The third-order valence-corrected chi connectivity index (χ3v) is 2.93. The molecule has 0 aliphatic carbocycles. The Morgan fingerprint density at radius 2 is 1.86 bits per heavy atom. The number of nitriles is 1. The highest BCUT2D eigenvalue weighted by molar-refractivity contribution is 5.59. The molecule has 2 aromatic carbocycles. The second kappa shape index (κ2) is 5.75. The van der Waals surface area contributed by atoms with Gasteiger partial charge in [0.2, 0.25) is 0 Å². The number of nitrogens with zero attached hydrogens (tertiary/aromatic N) is 1. The monoisotopic (exact) mass is 292 g/mol. The van der Waals surface area contributed by atoms with Crippen LogP contribution in [0, 0.1) is 11.3 Å². The lowest BCUT2D eigenvalue weighted by Crippen LogP contribution is -2.07. The molecule has 0 saturated heterocycles. The lowest BCUT2D eigenvalue weighted by atomic mass is 10.1. The molecule has 3 nitrogen and oxygen atoms in total. The first-order valence-electron chi connectivity index (χ1n) is 6.04. The lowest BCUT2D eigenvalue weighted by molar-refractivity contribution is -0.137. The highest BCUT2D eigenvalue weighted by atomic mass is 19.4. The summed E-state index contributed by atoms with van der Waals surface area (Å²) in [6.45, 7) is 0.201. The number of hydrogen-bond donors (Lipinski definition) is 2. The largest absolute Gasteiger partial charge is 0.508 e. The Kier molecular flexibility index (Phi) is 4.03. The highest BCUT2D eigenvalue weighted by Gasteiger charge is 2.31. The molecule has 0 atom stereocenters. The van der Waals surface area contributed by atoms with Crippen molar-refractivity contribution in [3.63, 3.8) is 0 Å². The first-order chi connectivity index (χ1) is 9.91. The minimum absolute atomic E-state index is 0.0791. The van der Waals surface area contributed by atoms with Crippen molar-refractivity contribution < 1.29 is 18.3 Å². The number of anilines is 1. The van der Waals surface area contributed by atoms with Gasteiger partial charge in [-0.1, -0.05) is 18.2 Å². The maximum Gasteiger partial charge on any atom is 0.416 e. The van der Waals surface area contributed by atoms with Gasteiger partial charge in [-0.3, -0.25) is 0 Å². The molecule has 21 heavy (non-hydrogen) atoms. The standard InChI is InChI=1S/C15H11F3N2O/c16-15(17,18)12-5-6-13(11(7-12)8-19)20-9-10-3-1-2-4-14(10)21/h1-7,20-21H,9H2. The zero-order valence-electron chi connectivity index (χ0n) is 10.8. The molecule has 0 bridgehead atoms. The number of benzene rings is 2. The van der Waals surface area contributed by atoms with Crippen LogP contribution in [0.2, 0.25) is 0 Å². The predicted molar refractivity (Wildman–Crippen MR) is 71.6 cm³/mol. The molecular formula is C15H11F3N2O. The van der Waals surface area contributed by atoms with Gasteiger partial charge in [0.25, 0.3) is 0 Å². The van der Waals surface area contributed by atoms with Crippen LogP contribution in [-0.4, -0.2) is 5.11 Å². The number of halogens is 3. The van der Waals surface area contributed by atoms with Gasteiger partial charge in [0.05, 0.1) is 16.8 Å². The van der Waals surface area contributed by atoms with Crippen LogP contribution >= 0.6 is 0 Å². The van der Waals surface area contributed by atoms with E-state index < -0.39 is 11.7 Å². The first kappa shape index (κ1) is 14.7. The van der Waals surface area contributed by atoms with Crippen LogP contribution in [0.4, 0.5) is 18.9 Å². The molecule has 0 aliphatic rings. The van der Waals surface area contributed by atoms with Gasteiger partial charge in [0.1, 0.15) is 11.8 Å². The molecule has 0 aliphatic heterocycles. The molecule has 2 aromatic rings. The molecule has 0 fully saturated rings. The average Bonchev–Trinajstić information content (AvgIpc) is 2.45. The zero-order valence-corrected chi connectivity index (χ0v) is 10.8.